The lowest BCUT2D eigenvalue weighted by Crippen LogP contribution is -2.16. The highest BCUT2D eigenvalue weighted by molar-refractivity contribution is 9.10. The largest absolute Gasteiger partial charge is 0.493 e. The molecule has 28 heavy (non-hydrogen) atoms. The van der Waals surface area contributed by atoms with Crippen molar-refractivity contribution in [2.24, 2.45) is 5.10 Å². The standard InChI is InChI=1S/C19H13BrFN5O2/c1-28-17-12(7-13(20)8-15(17)21)10-23-26-19-24-16(11-5-3-2-4-6-11)14(9-22)18(27)25-19/h2-8,10H,1H3,(H2,24,25,26,27). The van der Waals surface area contributed by atoms with Gasteiger partial charge in [0.25, 0.3) is 5.56 Å². The first-order valence-corrected chi connectivity index (χ1v) is 8.74. The summed E-state index contributed by atoms with van der Waals surface area (Å²) in [5.74, 6) is -0.483. The van der Waals surface area contributed by atoms with Crippen LogP contribution < -0.4 is 15.7 Å². The van der Waals surface area contributed by atoms with Crippen LogP contribution >= 0.6 is 15.9 Å². The number of H-pyrrole nitrogens is 1. The predicted octanol–water partition coefficient (Wildman–Crippen LogP) is 3.66. The minimum absolute atomic E-state index is 0.0278. The molecule has 1 aromatic heterocycles. The third-order valence-corrected chi connectivity index (χ3v) is 4.15. The van der Waals surface area contributed by atoms with Crippen LogP contribution in [0.1, 0.15) is 11.1 Å². The van der Waals surface area contributed by atoms with Crippen LogP contribution in [-0.4, -0.2) is 23.3 Å². The maximum Gasteiger partial charge on any atom is 0.270 e. The molecule has 1 heterocycles. The summed E-state index contributed by atoms with van der Waals surface area (Å²) in [5.41, 5.74) is 3.11. The van der Waals surface area contributed by atoms with Gasteiger partial charge in [-0.25, -0.2) is 14.8 Å². The van der Waals surface area contributed by atoms with E-state index in [9.17, 15) is 14.4 Å². The molecule has 0 aliphatic rings. The summed E-state index contributed by atoms with van der Waals surface area (Å²) in [6.07, 6.45) is 1.33. The van der Waals surface area contributed by atoms with Gasteiger partial charge in [-0.05, 0) is 12.1 Å². The van der Waals surface area contributed by atoms with E-state index in [1.54, 1.807) is 30.3 Å². The molecule has 0 saturated heterocycles. The summed E-state index contributed by atoms with van der Waals surface area (Å²) in [6.45, 7) is 0. The molecule has 0 atom stereocenters. The number of benzene rings is 2. The average molecular weight is 442 g/mol. The molecule has 0 unspecified atom stereocenters. The van der Waals surface area contributed by atoms with Crippen molar-refractivity contribution in [2.75, 3.05) is 12.5 Å². The monoisotopic (exact) mass is 441 g/mol. The van der Waals surface area contributed by atoms with Crippen molar-refractivity contribution in [3.63, 3.8) is 0 Å². The van der Waals surface area contributed by atoms with Crippen LogP contribution in [0.4, 0.5) is 10.3 Å². The lowest BCUT2D eigenvalue weighted by atomic mass is 10.1. The minimum Gasteiger partial charge on any atom is -0.493 e. The van der Waals surface area contributed by atoms with E-state index in [1.807, 2.05) is 12.1 Å². The highest BCUT2D eigenvalue weighted by Crippen LogP contribution is 2.26. The Balaban J connectivity index is 1.95. The van der Waals surface area contributed by atoms with E-state index in [0.717, 1.165) is 0 Å². The number of nitriles is 1. The number of hydrogen-bond donors (Lipinski definition) is 2. The SMILES string of the molecule is COc1c(F)cc(Br)cc1C=NNc1nc(-c2ccccc2)c(C#N)c(=O)[nH]1. The Labute approximate surface area is 167 Å². The fraction of sp³-hybridized carbons (Fsp3) is 0.0526. The molecule has 0 spiro atoms. The van der Waals surface area contributed by atoms with Gasteiger partial charge >= 0.3 is 0 Å². The molecule has 2 aromatic carbocycles. The molecule has 0 amide bonds. The summed E-state index contributed by atoms with van der Waals surface area (Å²) in [6, 6.07) is 13.6. The number of halogens is 2. The summed E-state index contributed by atoms with van der Waals surface area (Å²) in [4.78, 5) is 18.9. The van der Waals surface area contributed by atoms with E-state index >= 15 is 0 Å². The quantitative estimate of drug-likeness (QED) is 0.464. The average Bonchev–Trinajstić information content (AvgIpc) is 2.68. The molecule has 0 saturated carbocycles. The first-order chi connectivity index (χ1) is 13.5. The minimum atomic E-state index is -0.597. The van der Waals surface area contributed by atoms with Crippen molar-refractivity contribution >= 4 is 28.1 Å². The summed E-state index contributed by atoms with van der Waals surface area (Å²) >= 11 is 3.21. The second-order valence-corrected chi connectivity index (χ2v) is 6.41. The van der Waals surface area contributed by atoms with Gasteiger partial charge in [-0.1, -0.05) is 46.3 Å². The molecule has 0 radical (unpaired) electrons. The van der Waals surface area contributed by atoms with Gasteiger partial charge in [-0.15, -0.1) is 0 Å². The summed E-state index contributed by atoms with van der Waals surface area (Å²) < 4.78 is 19.5. The van der Waals surface area contributed by atoms with E-state index in [4.69, 9.17) is 4.74 Å². The molecule has 140 valence electrons. The van der Waals surface area contributed by atoms with E-state index in [0.29, 0.717) is 15.6 Å². The molecule has 0 bridgehead atoms. The van der Waals surface area contributed by atoms with Gasteiger partial charge in [0.15, 0.2) is 11.6 Å². The van der Waals surface area contributed by atoms with E-state index in [-0.39, 0.29) is 23.0 Å². The zero-order valence-corrected chi connectivity index (χ0v) is 16.1. The number of rotatable bonds is 5. The van der Waals surface area contributed by atoms with Gasteiger partial charge in [0.05, 0.1) is 19.0 Å². The van der Waals surface area contributed by atoms with E-state index in [1.165, 1.54) is 19.4 Å². The van der Waals surface area contributed by atoms with Crippen molar-refractivity contribution in [3.8, 4) is 23.1 Å². The number of hydrogen-bond acceptors (Lipinski definition) is 6. The van der Waals surface area contributed by atoms with Crippen molar-refractivity contribution in [1.29, 1.82) is 5.26 Å². The molecule has 0 fully saturated rings. The molecule has 2 N–H and O–H groups in total. The van der Waals surface area contributed by atoms with Crippen LogP contribution in [0, 0.1) is 17.1 Å². The molecular weight excluding hydrogens is 429 g/mol. The second-order valence-electron chi connectivity index (χ2n) is 5.50. The molecule has 3 rings (SSSR count). The normalized spacial score (nSPS) is 10.6. The number of nitrogens with zero attached hydrogens (tertiary/aromatic N) is 3. The fourth-order valence-electron chi connectivity index (χ4n) is 2.49. The molecule has 9 heteroatoms. The first kappa shape index (κ1) is 19.3. The van der Waals surface area contributed by atoms with Crippen LogP contribution in [0.25, 0.3) is 11.3 Å². The maximum absolute atomic E-state index is 13.9. The number of ether oxygens (including phenoxy) is 1. The zero-order chi connectivity index (χ0) is 20.1. The number of aromatic nitrogens is 2. The zero-order valence-electron chi connectivity index (χ0n) is 14.5. The van der Waals surface area contributed by atoms with Gasteiger partial charge in [0.1, 0.15) is 11.6 Å². The van der Waals surface area contributed by atoms with Crippen LogP contribution in [0.5, 0.6) is 5.75 Å². The van der Waals surface area contributed by atoms with Crippen LogP contribution in [0.2, 0.25) is 0 Å². The number of hydrazone groups is 1. The van der Waals surface area contributed by atoms with Gasteiger partial charge < -0.3 is 4.74 Å². The van der Waals surface area contributed by atoms with Crippen LogP contribution in [0.3, 0.4) is 0 Å². The first-order valence-electron chi connectivity index (χ1n) is 7.95. The van der Waals surface area contributed by atoms with Gasteiger partial charge in [0, 0.05) is 15.6 Å². The summed E-state index contributed by atoms with van der Waals surface area (Å²) in [5, 5.41) is 13.2. The Bertz CT molecular complexity index is 1140. The highest BCUT2D eigenvalue weighted by atomic mass is 79.9. The van der Waals surface area contributed by atoms with Crippen molar-refractivity contribution in [3.05, 3.63) is 74.2 Å². The van der Waals surface area contributed by atoms with Crippen molar-refractivity contribution in [1.82, 2.24) is 9.97 Å². The fourth-order valence-corrected chi connectivity index (χ4v) is 2.94. The van der Waals surface area contributed by atoms with Gasteiger partial charge in [-0.2, -0.15) is 10.4 Å². The topological polar surface area (TPSA) is 103 Å². The molecular formula is C19H13BrFN5O2. The van der Waals surface area contributed by atoms with Crippen LogP contribution in [0.15, 0.2) is 56.8 Å². The Morgan fingerprint density at radius 3 is 2.79 bits per heavy atom. The van der Waals surface area contributed by atoms with Gasteiger partial charge in [-0.3, -0.25) is 9.78 Å². The van der Waals surface area contributed by atoms with Crippen molar-refractivity contribution in [2.45, 2.75) is 0 Å². The Hall–Kier alpha value is -3.51. The lowest BCUT2D eigenvalue weighted by molar-refractivity contribution is 0.385. The number of anilines is 1. The van der Waals surface area contributed by atoms with E-state index < -0.39 is 11.4 Å². The van der Waals surface area contributed by atoms with Gasteiger partial charge in [0.2, 0.25) is 5.95 Å². The summed E-state index contributed by atoms with van der Waals surface area (Å²) in [7, 11) is 1.35. The molecule has 0 aliphatic carbocycles. The third-order valence-electron chi connectivity index (χ3n) is 3.69. The molecule has 7 nitrogen and oxygen atoms in total. The predicted molar refractivity (Wildman–Crippen MR) is 107 cm³/mol. The smallest absolute Gasteiger partial charge is 0.270 e. The van der Waals surface area contributed by atoms with Crippen molar-refractivity contribution < 1.29 is 9.13 Å². The molecule has 0 aliphatic heterocycles. The Kier molecular flexibility index (Phi) is 5.81. The highest BCUT2D eigenvalue weighted by Gasteiger charge is 2.13. The second kappa shape index (κ2) is 8.45. The molecule has 3 aromatic rings. The number of nitrogens with one attached hydrogen (secondary N) is 2. The third kappa shape index (κ3) is 4.07. The Morgan fingerprint density at radius 1 is 1.36 bits per heavy atom. The number of aromatic amines is 1. The number of methoxy groups -OCH3 is 1. The van der Waals surface area contributed by atoms with E-state index in [2.05, 4.69) is 36.4 Å². The maximum atomic E-state index is 13.9. The lowest BCUT2D eigenvalue weighted by Gasteiger charge is -2.07. The van der Waals surface area contributed by atoms with Crippen LogP contribution in [-0.2, 0) is 0 Å². The Morgan fingerprint density at radius 2 is 2.11 bits per heavy atom.